The van der Waals surface area contributed by atoms with Crippen molar-refractivity contribution in [2.45, 2.75) is 24.0 Å². The van der Waals surface area contributed by atoms with Crippen LogP contribution in [-0.4, -0.2) is 38.8 Å². The minimum Gasteiger partial charge on any atom is -0.497 e. The van der Waals surface area contributed by atoms with E-state index in [4.69, 9.17) is 9.47 Å². The van der Waals surface area contributed by atoms with Gasteiger partial charge in [-0.25, -0.2) is 17.2 Å². The number of rotatable bonds is 14. The number of hydrogen-bond acceptors (Lipinski definition) is 6. The van der Waals surface area contributed by atoms with E-state index in [9.17, 15) is 26.8 Å². The number of ether oxygens (including phenoxy) is 2. The molecule has 0 aliphatic carbocycles. The highest BCUT2D eigenvalue weighted by atomic mass is 32.2. The molecule has 5 rings (SSSR count). The molecule has 0 bridgehead atoms. The number of halogens is 2. The van der Waals surface area contributed by atoms with Crippen LogP contribution >= 0.6 is 0 Å². The highest BCUT2D eigenvalue weighted by Crippen LogP contribution is 2.26. The van der Waals surface area contributed by atoms with Gasteiger partial charge in [0.25, 0.3) is 15.9 Å². The maximum Gasteiger partial charge on any atom is 0.261 e. The third-order valence-corrected chi connectivity index (χ3v) is 8.88. The van der Waals surface area contributed by atoms with Crippen molar-refractivity contribution in [3.63, 3.8) is 0 Å². The van der Waals surface area contributed by atoms with Gasteiger partial charge < -0.3 is 19.7 Å². The first-order chi connectivity index (χ1) is 23.6. The van der Waals surface area contributed by atoms with Crippen molar-refractivity contribution in [3.8, 4) is 11.5 Å². The van der Waals surface area contributed by atoms with Gasteiger partial charge in [-0.15, -0.1) is 0 Å². The number of methoxy groups -OCH3 is 1. The van der Waals surface area contributed by atoms with Crippen LogP contribution in [0.4, 0.5) is 14.5 Å². The minimum atomic E-state index is -3.99. The van der Waals surface area contributed by atoms with Gasteiger partial charge >= 0.3 is 0 Å². The molecule has 2 amide bonds. The fraction of sp³-hybridized carbons (Fsp3) is 0.135. The lowest BCUT2D eigenvalue weighted by atomic mass is 10.0. The third kappa shape index (κ3) is 9.42. The summed E-state index contributed by atoms with van der Waals surface area (Å²) in [6, 6.07) is 30.8. The SMILES string of the molecule is COc1ccc(CNC(=O)[C@H](c2ccccc2)N(Cc2ccc(F)cc2)C(=O)COc2ccc(S(=O)(=O)Nc3ccc(F)cc3)cc2)cc1. The molecular weight excluding hydrogens is 652 g/mol. The standard InChI is InChI=1S/C37H33F2N3O6S/c1-47-32-17-9-26(10-18-32)23-40-37(44)36(28-5-3-2-4-6-28)42(24-27-7-11-29(38)12-8-27)35(43)25-48-33-19-21-34(22-20-33)49(45,46)41-31-15-13-30(39)14-16-31/h2-22,36,41H,23-25H2,1H3,(H,40,44)/t36-/m0/s1. The van der Waals surface area contributed by atoms with E-state index in [0.717, 1.165) is 17.7 Å². The van der Waals surface area contributed by atoms with E-state index in [1.165, 1.54) is 65.6 Å². The first kappa shape index (κ1) is 34.6. The summed E-state index contributed by atoms with van der Waals surface area (Å²) < 4.78 is 66.0. The number of benzene rings is 5. The van der Waals surface area contributed by atoms with Gasteiger partial charge in [-0.3, -0.25) is 14.3 Å². The average molecular weight is 686 g/mol. The lowest BCUT2D eigenvalue weighted by Gasteiger charge is -2.31. The van der Waals surface area contributed by atoms with E-state index in [2.05, 4.69) is 10.0 Å². The molecule has 252 valence electrons. The van der Waals surface area contributed by atoms with Gasteiger partial charge in [0.2, 0.25) is 5.91 Å². The minimum absolute atomic E-state index is 0.0375. The van der Waals surface area contributed by atoms with Gasteiger partial charge in [-0.2, -0.15) is 0 Å². The number of nitrogens with one attached hydrogen (secondary N) is 2. The molecule has 0 spiro atoms. The maximum atomic E-state index is 13.9. The Kier molecular flexibility index (Phi) is 11.2. The molecule has 5 aromatic carbocycles. The summed E-state index contributed by atoms with van der Waals surface area (Å²) in [4.78, 5) is 29.1. The Morgan fingerprint density at radius 2 is 1.31 bits per heavy atom. The van der Waals surface area contributed by atoms with Crippen LogP contribution in [0.3, 0.4) is 0 Å². The summed E-state index contributed by atoms with van der Waals surface area (Å²) >= 11 is 0. The molecule has 0 saturated carbocycles. The van der Waals surface area contributed by atoms with Crippen molar-refractivity contribution < 1.29 is 36.3 Å². The molecule has 0 aromatic heterocycles. The summed E-state index contributed by atoms with van der Waals surface area (Å²) in [5.41, 5.74) is 2.14. The predicted molar refractivity (Wildman–Crippen MR) is 180 cm³/mol. The molecule has 1 atom stereocenters. The summed E-state index contributed by atoms with van der Waals surface area (Å²) in [7, 11) is -2.42. The highest BCUT2D eigenvalue weighted by molar-refractivity contribution is 7.92. The fourth-order valence-corrected chi connectivity index (χ4v) is 5.98. The molecule has 0 radical (unpaired) electrons. The second-order valence-electron chi connectivity index (χ2n) is 10.9. The summed E-state index contributed by atoms with van der Waals surface area (Å²) in [5.74, 6) is -1.06. The Hall–Kier alpha value is -5.75. The van der Waals surface area contributed by atoms with Crippen molar-refractivity contribution in [3.05, 3.63) is 156 Å². The van der Waals surface area contributed by atoms with Crippen LogP contribution in [0.5, 0.6) is 11.5 Å². The number of anilines is 1. The van der Waals surface area contributed by atoms with Crippen LogP contribution in [0.25, 0.3) is 0 Å². The molecule has 5 aromatic rings. The van der Waals surface area contributed by atoms with Gasteiger partial charge in [0.1, 0.15) is 29.2 Å². The second-order valence-corrected chi connectivity index (χ2v) is 12.6. The molecule has 49 heavy (non-hydrogen) atoms. The average Bonchev–Trinajstić information content (AvgIpc) is 3.12. The van der Waals surface area contributed by atoms with Crippen molar-refractivity contribution in [1.82, 2.24) is 10.2 Å². The first-order valence-electron chi connectivity index (χ1n) is 15.1. The Bertz CT molecular complexity index is 1960. The summed E-state index contributed by atoms with van der Waals surface area (Å²) in [5, 5.41) is 2.92. The Morgan fingerprint density at radius 1 is 0.735 bits per heavy atom. The molecule has 0 fully saturated rings. The fourth-order valence-electron chi connectivity index (χ4n) is 4.92. The molecule has 2 N–H and O–H groups in total. The van der Waals surface area contributed by atoms with Crippen molar-refractivity contribution >= 4 is 27.5 Å². The summed E-state index contributed by atoms with van der Waals surface area (Å²) in [6.07, 6.45) is 0. The quantitative estimate of drug-likeness (QED) is 0.143. The lowest BCUT2D eigenvalue weighted by Crippen LogP contribution is -2.45. The van der Waals surface area contributed by atoms with E-state index in [1.807, 2.05) is 12.1 Å². The third-order valence-electron chi connectivity index (χ3n) is 7.48. The van der Waals surface area contributed by atoms with Gasteiger partial charge in [0.05, 0.1) is 12.0 Å². The largest absolute Gasteiger partial charge is 0.497 e. The normalized spacial score (nSPS) is 11.7. The number of amides is 2. The molecule has 9 nitrogen and oxygen atoms in total. The number of carbonyl (C=O) groups is 2. The van der Waals surface area contributed by atoms with Gasteiger partial charge in [-0.1, -0.05) is 54.6 Å². The second kappa shape index (κ2) is 15.9. The highest BCUT2D eigenvalue weighted by Gasteiger charge is 2.32. The Balaban J connectivity index is 1.35. The zero-order valence-corrected chi connectivity index (χ0v) is 27.2. The number of carbonyl (C=O) groups excluding carboxylic acids is 2. The van der Waals surface area contributed by atoms with Gasteiger partial charge in [-0.05, 0) is 89.5 Å². The maximum absolute atomic E-state index is 13.9. The molecule has 0 aliphatic rings. The smallest absolute Gasteiger partial charge is 0.261 e. The van der Waals surface area contributed by atoms with Crippen LogP contribution in [-0.2, 0) is 32.7 Å². The molecule has 0 unspecified atom stereocenters. The van der Waals surface area contributed by atoms with Crippen molar-refractivity contribution in [2.75, 3.05) is 18.4 Å². The van der Waals surface area contributed by atoms with Gasteiger partial charge in [0.15, 0.2) is 6.61 Å². The van der Waals surface area contributed by atoms with Crippen LogP contribution in [0.2, 0.25) is 0 Å². The molecule has 0 heterocycles. The van der Waals surface area contributed by atoms with Crippen LogP contribution < -0.4 is 19.5 Å². The van der Waals surface area contributed by atoms with E-state index < -0.39 is 46.1 Å². The van der Waals surface area contributed by atoms with Crippen LogP contribution in [0, 0.1) is 11.6 Å². The van der Waals surface area contributed by atoms with E-state index in [-0.39, 0.29) is 29.4 Å². The van der Waals surface area contributed by atoms with Crippen LogP contribution in [0.1, 0.15) is 22.7 Å². The molecule has 12 heteroatoms. The van der Waals surface area contributed by atoms with Crippen molar-refractivity contribution in [2.24, 2.45) is 0 Å². The summed E-state index contributed by atoms with van der Waals surface area (Å²) in [6.45, 7) is -0.340. The first-order valence-corrected chi connectivity index (χ1v) is 16.6. The molecular formula is C37H33F2N3O6S. The number of sulfonamides is 1. The predicted octanol–water partition coefficient (Wildman–Crippen LogP) is 6.24. The number of nitrogens with zero attached hydrogens (tertiary/aromatic N) is 1. The topological polar surface area (TPSA) is 114 Å². The Labute approximate surface area is 283 Å². The molecule has 0 saturated heterocycles. The van der Waals surface area contributed by atoms with Crippen LogP contribution in [0.15, 0.2) is 132 Å². The van der Waals surface area contributed by atoms with E-state index in [1.54, 1.807) is 49.6 Å². The Morgan fingerprint density at radius 3 is 1.92 bits per heavy atom. The lowest BCUT2D eigenvalue weighted by molar-refractivity contribution is -0.143. The van der Waals surface area contributed by atoms with E-state index in [0.29, 0.717) is 16.9 Å². The van der Waals surface area contributed by atoms with Gasteiger partial charge in [0, 0.05) is 18.8 Å². The van der Waals surface area contributed by atoms with E-state index >= 15 is 0 Å². The van der Waals surface area contributed by atoms with Crippen molar-refractivity contribution in [1.29, 1.82) is 0 Å². The molecule has 0 aliphatic heterocycles. The number of hydrogen-bond donors (Lipinski definition) is 2. The zero-order valence-electron chi connectivity index (χ0n) is 26.4. The zero-order chi connectivity index (χ0) is 34.8. The monoisotopic (exact) mass is 685 g/mol.